The number of carbonyl (C=O) groups excluding carboxylic acids is 1. The van der Waals surface area contributed by atoms with Crippen LogP contribution in [0.2, 0.25) is 5.02 Å². The lowest BCUT2D eigenvalue weighted by atomic mass is 9.97. The van der Waals surface area contributed by atoms with Crippen LogP contribution in [0.25, 0.3) is 0 Å². The molecule has 0 radical (unpaired) electrons. The molecule has 1 fully saturated rings. The molecule has 1 heterocycles. The molecule has 0 aliphatic carbocycles. The first-order chi connectivity index (χ1) is 13.8. The summed E-state index contributed by atoms with van der Waals surface area (Å²) in [5, 5.41) is 3.04. The summed E-state index contributed by atoms with van der Waals surface area (Å²) in [5.41, 5.74) is 2.15. The minimum atomic E-state index is -3.71. The molecule has 8 heteroatoms. The highest BCUT2D eigenvalue weighted by Gasteiger charge is 2.32. The number of halogens is 2. The van der Waals surface area contributed by atoms with E-state index in [2.05, 4.69) is 5.32 Å². The second-order valence-electron chi connectivity index (χ2n) is 7.27. The number of hydrogen-bond donors (Lipinski definition) is 1. The molecule has 1 aliphatic rings. The monoisotopic (exact) mass is 438 g/mol. The average molecular weight is 439 g/mol. The van der Waals surface area contributed by atoms with Gasteiger partial charge < -0.3 is 5.32 Å². The Balaban J connectivity index is 1.55. The fourth-order valence-electron chi connectivity index (χ4n) is 3.48. The number of piperidine rings is 1. The van der Waals surface area contributed by atoms with E-state index in [9.17, 15) is 17.6 Å². The quantitative estimate of drug-likeness (QED) is 0.748. The predicted molar refractivity (Wildman–Crippen MR) is 111 cm³/mol. The maximum Gasteiger partial charge on any atom is 0.223 e. The van der Waals surface area contributed by atoms with E-state index in [1.807, 2.05) is 31.2 Å². The second-order valence-corrected chi connectivity index (χ2v) is 9.65. The van der Waals surface area contributed by atoms with Gasteiger partial charge >= 0.3 is 0 Å². The van der Waals surface area contributed by atoms with Gasteiger partial charge in [0.15, 0.2) is 0 Å². The van der Waals surface area contributed by atoms with Gasteiger partial charge in [-0.05, 0) is 43.0 Å². The number of carbonyl (C=O) groups is 1. The molecular formula is C21H24ClFN2O3S. The summed E-state index contributed by atoms with van der Waals surface area (Å²) in [6.45, 7) is 2.91. The number of amides is 1. The van der Waals surface area contributed by atoms with Gasteiger partial charge in [0.05, 0.1) is 5.75 Å². The van der Waals surface area contributed by atoms with Crippen LogP contribution >= 0.6 is 11.6 Å². The number of sulfonamides is 1. The number of aryl methyl sites for hydroxylation is 1. The molecule has 2 aromatic carbocycles. The van der Waals surface area contributed by atoms with Crippen molar-refractivity contribution in [3.8, 4) is 0 Å². The first kappa shape index (κ1) is 21.7. The summed E-state index contributed by atoms with van der Waals surface area (Å²) in [6.07, 6.45) is 0.869. The molecule has 1 N–H and O–H groups in total. The van der Waals surface area contributed by atoms with Crippen molar-refractivity contribution in [3.63, 3.8) is 0 Å². The summed E-state index contributed by atoms with van der Waals surface area (Å²) in [6, 6.07) is 12.0. The standard InChI is InChI=1S/C21H24ClFN2O3S/c1-15-5-2-3-6-17(15)13-24-21(26)16-9-11-25(12-10-16)29(27,28)14-18-19(22)7-4-8-20(18)23/h2-8,16H,9-14H2,1H3,(H,24,26). The van der Waals surface area contributed by atoms with Crippen molar-refractivity contribution in [2.75, 3.05) is 13.1 Å². The van der Waals surface area contributed by atoms with Gasteiger partial charge in [0.1, 0.15) is 5.82 Å². The van der Waals surface area contributed by atoms with Crippen molar-refractivity contribution < 1.29 is 17.6 Å². The molecule has 3 rings (SSSR count). The number of rotatable bonds is 6. The van der Waals surface area contributed by atoms with Gasteiger partial charge in [0.25, 0.3) is 0 Å². The highest BCUT2D eigenvalue weighted by atomic mass is 35.5. The zero-order chi connectivity index (χ0) is 21.0. The molecule has 0 saturated carbocycles. The molecule has 2 aromatic rings. The van der Waals surface area contributed by atoms with Crippen molar-refractivity contribution in [2.45, 2.75) is 32.1 Å². The Morgan fingerprint density at radius 3 is 2.52 bits per heavy atom. The molecule has 156 valence electrons. The third kappa shape index (κ3) is 5.35. The summed E-state index contributed by atoms with van der Waals surface area (Å²) < 4.78 is 40.6. The molecule has 0 bridgehead atoms. The SMILES string of the molecule is Cc1ccccc1CNC(=O)C1CCN(S(=O)(=O)Cc2c(F)cccc2Cl)CC1. The van der Waals surface area contributed by atoms with Gasteiger partial charge in [-0.2, -0.15) is 0 Å². The summed E-state index contributed by atoms with van der Waals surface area (Å²) in [7, 11) is -3.71. The molecule has 29 heavy (non-hydrogen) atoms. The molecule has 1 amide bonds. The van der Waals surface area contributed by atoms with Gasteiger partial charge in [-0.15, -0.1) is 0 Å². The third-order valence-corrected chi connectivity index (χ3v) is 7.48. The maximum absolute atomic E-state index is 13.9. The molecule has 1 aliphatic heterocycles. The van der Waals surface area contributed by atoms with Gasteiger partial charge in [0.2, 0.25) is 15.9 Å². The van der Waals surface area contributed by atoms with Crippen LogP contribution in [0, 0.1) is 18.7 Å². The summed E-state index contributed by atoms with van der Waals surface area (Å²) in [4.78, 5) is 12.5. The topological polar surface area (TPSA) is 66.5 Å². The van der Waals surface area contributed by atoms with E-state index in [4.69, 9.17) is 11.6 Å². The molecule has 0 unspecified atom stereocenters. The Labute approximate surface area is 175 Å². The number of hydrogen-bond acceptors (Lipinski definition) is 3. The van der Waals surface area contributed by atoms with Crippen LogP contribution in [-0.2, 0) is 27.1 Å². The Kier molecular flexibility index (Phi) is 6.93. The summed E-state index contributed by atoms with van der Waals surface area (Å²) in [5.74, 6) is -1.42. The van der Waals surface area contributed by atoms with Crippen molar-refractivity contribution in [2.24, 2.45) is 5.92 Å². The lowest BCUT2D eigenvalue weighted by molar-refractivity contribution is -0.126. The van der Waals surface area contributed by atoms with E-state index in [-0.39, 0.29) is 35.5 Å². The van der Waals surface area contributed by atoms with Crippen molar-refractivity contribution in [1.29, 1.82) is 0 Å². The first-order valence-electron chi connectivity index (χ1n) is 9.51. The van der Waals surface area contributed by atoms with Crippen molar-refractivity contribution in [3.05, 3.63) is 70.0 Å². The Morgan fingerprint density at radius 1 is 1.17 bits per heavy atom. The fourth-order valence-corrected chi connectivity index (χ4v) is 5.39. The largest absolute Gasteiger partial charge is 0.352 e. The van der Waals surface area contributed by atoms with Crippen molar-refractivity contribution >= 4 is 27.5 Å². The Hall–Kier alpha value is -1.96. The van der Waals surface area contributed by atoms with Crippen LogP contribution in [0.1, 0.15) is 29.5 Å². The first-order valence-corrected chi connectivity index (χ1v) is 11.5. The Morgan fingerprint density at radius 2 is 1.86 bits per heavy atom. The molecular weight excluding hydrogens is 415 g/mol. The maximum atomic E-state index is 13.9. The third-order valence-electron chi connectivity index (χ3n) is 5.32. The molecule has 5 nitrogen and oxygen atoms in total. The van der Waals surface area contributed by atoms with E-state index < -0.39 is 21.6 Å². The van der Waals surface area contributed by atoms with Gasteiger partial charge in [-0.3, -0.25) is 4.79 Å². The zero-order valence-corrected chi connectivity index (χ0v) is 17.8. The Bertz CT molecular complexity index is 969. The van der Waals surface area contributed by atoms with E-state index in [0.29, 0.717) is 19.4 Å². The lowest BCUT2D eigenvalue weighted by Crippen LogP contribution is -2.43. The number of benzene rings is 2. The minimum absolute atomic E-state index is 0.0211. The average Bonchev–Trinajstić information content (AvgIpc) is 2.70. The zero-order valence-electron chi connectivity index (χ0n) is 16.2. The van der Waals surface area contributed by atoms with Gasteiger partial charge in [0, 0.05) is 36.1 Å². The lowest BCUT2D eigenvalue weighted by Gasteiger charge is -2.30. The van der Waals surface area contributed by atoms with Crippen LogP contribution in [0.15, 0.2) is 42.5 Å². The normalized spacial score (nSPS) is 16.0. The van der Waals surface area contributed by atoms with Crippen molar-refractivity contribution in [1.82, 2.24) is 9.62 Å². The fraction of sp³-hybridized carbons (Fsp3) is 0.381. The van der Waals surface area contributed by atoms with Crippen LogP contribution in [0.3, 0.4) is 0 Å². The predicted octanol–water partition coefficient (Wildman–Crippen LogP) is 3.65. The summed E-state index contributed by atoms with van der Waals surface area (Å²) >= 11 is 5.96. The molecule has 1 saturated heterocycles. The van der Waals surface area contributed by atoms with E-state index in [1.54, 1.807) is 0 Å². The highest BCUT2D eigenvalue weighted by Crippen LogP contribution is 2.26. The van der Waals surface area contributed by atoms with E-state index >= 15 is 0 Å². The van der Waals surface area contributed by atoms with Crippen LogP contribution < -0.4 is 5.32 Å². The highest BCUT2D eigenvalue weighted by molar-refractivity contribution is 7.88. The minimum Gasteiger partial charge on any atom is -0.352 e. The number of nitrogens with one attached hydrogen (secondary N) is 1. The molecule has 0 aromatic heterocycles. The van der Waals surface area contributed by atoms with Crippen LogP contribution in [0.4, 0.5) is 4.39 Å². The second kappa shape index (κ2) is 9.24. The van der Waals surface area contributed by atoms with Gasteiger partial charge in [-0.25, -0.2) is 17.1 Å². The molecule has 0 spiro atoms. The van der Waals surface area contributed by atoms with E-state index in [1.165, 1.54) is 22.5 Å². The van der Waals surface area contributed by atoms with Crippen LogP contribution in [0.5, 0.6) is 0 Å². The van der Waals surface area contributed by atoms with Gasteiger partial charge in [-0.1, -0.05) is 41.9 Å². The molecule has 0 atom stereocenters. The van der Waals surface area contributed by atoms with E-state index in [0.717, 1.165) is 11.1 Å². The van der Waals surface area contributed by atoms with Crippen LogP contribution in [-0.4, -0.2) is 31.7 Å². The smallest absolute Gasteiger partial charge is 0.223 e. The number of nitrogens with zero attached hydrogens (tertiary/aromatic N) is 1.